The molecule has 0 saturated carbocycles. The molecule has 0 aliphatic heterocycles. The van der Waals surface area contributed by atoms with Gasteiger partial charge in [0.1, 0.15) is 0 Å². The van der Waals surface area contributed by atoms with Gasteiger partial charge in [-0.05, 0) is 38.6 Å². The highest BCUT2D eigenvalue weighted by atomic mass is 35.5. The van der Waals surface area contributed by atoms with Crippen LogP contribution in [0, 0.1) is 0 Å². The fourth-order valence-electron chi connectivity index (χ4n) is 2.75. The third-order valence-corrected chi connectivity index (χ3v) is 4.22. The minimum atomic E-state index is 0. The average molecular weight is 332 g/mol. The van der Waals surface area contributed by atoms with Crippen LogP contribution in [0.3, 0.4) is 0 Å². The summed E-state index contributed by atoms with van der Waals surface area (Å²) in [6.07, 6.45) is 26.9. The van der Waals surface area contributed by atoms with Crippen molar-refractivity contribution in [3.8, 4) is 0 Å². The SMILES string of the molecule is CCCCCCCCCCC=CCCCCCCCCN.Cl. The maximum absolute atomic E-state index is 5.49. The van der Waals surface area contributed by atoms with Crippen molar-refractivity contribution < 1.29 is 0 Å². The Labute approximate surface area is 146 Å². The van der Waals surface area contributed by atoms with Crippen LogP contribution in [0.2, 0.25) is 0 Å². The second-order valence-corrected chi connectivity index (χ2v) is 6.43. The standard InChI is InChI=1S/C20H41N.ClH/c1-2-3-4-5-6-7-8-9-10-11-12-13-14-15-16-17-18-19-20-21;/h11-12H,2-10,13-21H2,1H3;1H. The molecular weight excluding hydrogens is 290 g/mol. The van der Waals surface area contributed by atoms with E-state index in [1.165, 1.54) is 103 Å². The maximum atomic E-state index is 5.49. The van der Waals surface area contributed by atoms with Crippen LogP contribution in [0.4, 0.5) is 0 Å². The lowest BCUT2D eigenvalue weighted by molar-refractivity contribution is 0.577. The molecule has 0 rings (SSSR count). The summed E-state index contributed by atoms with van der Waals surface area (Å²) in [5, 5.41) is 0. The number of hydrogen-bond donors (Lipinski definition) is 1. The van der Waals surface area contributed by atoms with Crippen molar-refractivity contribution in [2.45, 2.75) is 110 Å². The van der Waals surface area contributed by atoms with Gasteiger partial charge in [0.05, 0.1) is 0 Å². The molecule has 0 fully saturated rings. The number of allylic oxidation sites excluding steroid dienone is 2. The summed E-state index contributed by atoms with van der Waals surface area (Å²) in [7, 11) is 0. The topological polar surface area (TPSA) is 26.0 Å². The summed E-state index contributed by atoms with van der Waals surface area (Å²) in [6, 6.07) is 0. The van der Waals surface area contributed by atoms with Gasteiger partial charge < -0.3 is 5.73 Å². The average Bonchev–Trinajstić information content (AvgIpc) is 2.50. The molecule has 0 radical (unpaired) electrons. The van der Waals surface area contributed by atoms with Crippen molar-refractivity contribution in [3.05, 3.63) is 12.2 Å². The smallest absolute Gasteiger partial charge is 0.00773 e. The molecule has 0 atom stereocenters. The van der Waals surface area contributed by atoms with E-state index in [0.717, 1.165) is 6.54 Å². The van der Waals surface area contributed by atoms with E-state index in [2.05, 4.69) is 19.1 Å². The molecular formula is C20H42ClN. The molecule has 0 saturated heterocycles. The molecule has 22 heavy (non-hydrogen) atoms. The Morgan fingerprint density at radius 3 is 1.32 bits per heavy atom. The largest absolute Gasteiger partial charge is 0.330 e. The van der Waals surface area contributed by atoms with Gasteiger partial charge in [-0.1, -0.05) is 89.7 Å². The van der Waals surface area contributed by atoms with Gasteiger partial charge in [-0.3, -0.25) is 0 Å². The zero-order chi connectivity index (χ0) is 15.4. The number of nitrogens with two attached hydrogens (primary N) is 1. The van der Waals surface area contributed by atoms with Gasteiger partial charge >= 0.3 is 0 Å². The van der Waals surface area contributed by atoms with E-state index in [4.69, 9.17) is 5.73 Å². The minimum absolute atomic E-state index is 0. The van der Waals surface area contributed by atoms with Crippen LogP contribution in [0.5, 0.6) is 0 Å². The molecule has 134 valence electrons. The van der Waals surface area contributed by atoms with Crippen molar-refractivity contribution in [2.24, 2.45) is 5.73 Å². The van der Waals surface area contributed by atoms with Crippen LogP contribution in [0.1, 0.15) is 110 Å². The van der Waals surface area contributed by atoms with Crippen molar-refractivity contribution in [2.75, 3.05) is 6.54 Å². The van der Waals surface area contributed by atoms with E-state index in [1.807, 2.05) is 0 Å². The Kier molecular flexibility index (Phi) is 25.6. The van der Waals surface area contributed by atoms with E-state index in [-0.39, 0.29) is 12.4 Å². The first kappa shape index (κ1) is 24.2. The summed E-state index contributed by atoms with van der Waals surface area (Å²) in [5.74, 6) is 0. The Balaban J connectivity index is 0. The Morgan fingerprint density at radius 1 is 0.545 bits per heavy atom. The molecule has 0 amide bonds. The van der Waals surface area contributed by atoms with Gasteiger partial charge in [0, 0.05) is 0 Å². The van der Waals surface area contributed by atoms with E-state index in [9.17, 15) is 0 Å². The van der Waals surface area contributed by atoms with Crippen molar-refractivity contribution in [3.63, 3.8) is 0 Å². The summed E-state index contributed by atoms with van der Waals surface area (Å²) < 4.78 is 0. The highest BCUT2D eigenvalue weighted by Crippen LogP contribution is 2.10. The molecule has 0 aromatic heterocycles. The number of hydrogen-bond acceptors (Lipinski definition) is 1. The molecule has 0 aromatic carbocycles. The van der Waals surface area contributed by atoms with Gasteiger partial charge in [-0.25, -0.2) is 0 Å². The summed E-state index contributed by atoms with van der Waals surface area (Å²) in [6.45, 7) is 3.15. The molecule has 2 N–H and O–H groups in total. The third kappa shape index (κ3) is 22.3. The minimum Gasteiger partial charge on any atom is -0.330 e. The lowest BCUT2D eigenvalue weighted by Crippen LogP contribution is -1.97. The highest BCUT2D eigenvalue weighted by Gasteiger charge is 1.91. The fraction of sp³-hybridized carbons (Fsp3) is 0.900. The number of rotatable bonds is 17. The highest BCUT2D eigenvalue weighted by molar-refractivity contribution is 5.85. The van der Waals surface area contributed by atoms with Gasteiger partial charge in [-0.2, -0.15) is 0 Å². The molecule has 2 heteroatoms. The van der Waals surface area contributed by atoms with Crippen LogP contribution in [0.25, 0.3) is 0 Å². The Hall–Kier alpha value is -0.0100. The van der Waals surface area contributed by atoms with Crippen molar-refractivity contribution in [1.82, 2.24) is 0 Å². The van der Waals surface area contributed by atoms with Crippen molar-refractivity contribution >= 4 is 12.4 Å². The van der Waals surface area contributed by atoms with Crippen LogP contribution in [-0.4, -0.2) is 6.54 Å². The van der Waals surface area contributed by atoms with Gasteiger partial charge in [0.15, 0.2) is 0 Å². The van der Waals surface area contributed by atoms with Crippen LogP contribution < -0.4 is 5.73 Å². The third-order valence-electron chi connectivity index (χ3n) is 4.22. The second-order valence-electron chi connectivity index (χ2n) is 6.43. The van der Waals surface area contributed by atoms with Crippen LogP contribution in [0.15, 0.2) is 12.2 Å². The van der Waals surface area contributed by atoms with E-state index < -0.39 is 0 Å². The normalized spacial score (nSPS) is 11.0. The van der Waals surface area contributed by atoms with E-state index >= 15 is 0 Å². The maximum Gasteiger partial charge on any atom is -0.00773 e. The fourth-order valence-corrected chi connectivity index (χ4v) is 2.75. The zero-order valence-corrected chi connectivity index (χ0v) is 16.0. The summed E-state index contributed by atoms with van der Waals surface area (Å²) in [5.41, 5.74) is 5.49. The molecule has 1 nitrogen and oxygen atoms in total. The zero-order valence-electron chi connectivity index (χ0n) is 15.2. The molecule has 0 aliphatic carbocycles. The Bertz CT molecular complexity index is 204. The first-order valence-corrected chi connectivity index (χ1v) is 9.77. The first-order chi connectivity index (χ1) is 10.4. The second kappa shape index (κ2) is 23.3. The lowest BCUT2D eigenvalue weighted by Gasteiger charge is -2.00. The first-order valence-electron chi connectivity index (χ1n) is 9.77. The molecule has 0 aromatic rings. The number of halogens is 1. The summed E-state index contributed by atoms with van der Waals surface area (Å²) >= 11 is 0. The van der Waals surface area contributed by atoms with Gasteiger partial charge in [0.25, 0.3) is 0 Å². The monoisotopic (exact) mass is 331 g/mol. The predicted octanol–water partition coefficient (Wildman–Crippen LogP) is 7.18. The molecule has 0 aliphatic rings. The lowest BCUT2D eigenvalue weighted by atomic mass is 10.1. The molecule has 0 heterocycles. The van der Waals surface area contributed by atoms with Crippen LogP contribution >= 0.6 is 12.4 Å². The molecule has 0 bridgehead atoms. The molecule has 0 spiro atoms. The predicted molar refractivity (Wildman–Crippen MR) is 105 cm³/mol. The van der Waals surface area contributed by atoms with E-state index in [0.29, 0.717) is 0 Å². The quantitative estimate of drug-likeness (QED) is 0.221. The number of unbranched alkanes of at least 4 members (excludes halogenated alkanes) is 14. The molecule has 0 unspecified atom stereocenters. The van der Waals surface area contributed by atoms with Crippen LogP contribution in [-0.2, 0) is 0 Å². The Morgan fingerprint density at radius 2 is 0.909 bits per heavy atom. The van der Waals surface area contributed by atoms with E-state index in [1.54, 1.807) is 0 Å². The summed E-state index contributed by atoms with van der Waals surface area (Å²) in [4.78, 5) is 0. The van der Waals surface area contributed by atoms with Gasteiger partial charge in [-0.15, -0.1) is 12.4 Å². The van der Waals surface area contributed by atoms with Crippen molar-refractivity contribution in [1.29, 1.82) is 0 Å². The van der Waals surface area contributed by atoms with Gasteiger partial charge in [0.2, 0.25) is 0 Å².